The zero-order valence-corrected chi connectivity index (χ0v) is 21.5. The Morgan fingerprint density at radius 1 is 1.00 bits per heavy atom. The van der Waals surface area contributed by atoms with Gasteiger partial charge in [0, 0.05) is 37.9 Å². The normalized spacial score (nSPS) is 15.8. The summed E-state index contributed by atoms with van der Waals surface area (Å²) in [5, 5.41) is 8.70. The van der Waals surface area contributed by atoms with Gasteiger partial charge in [0.2, 0.25) is 11.5 Å². The number of hydrogen-bond donors (Lipinski definition) is 1. The van der Waals surface area contributed by atoms with Crippen LogP contribution in [0.25, 0.3) is 11.1 Å². The van der Waals surface area contributed by atoms with Crippen LogP contribution in [0, 0.1) is 5.92 Å². The lowest BCUT2D eigenvalue weighted by molar-refractivity contribution is -0.141. The first-order valence-corrected chi connectivity index (χ1v) is 12.8. The van der Waals surface area contributed by atoms with Crippen LogP contribution in [0.3, 0.4) is 0 Å². The molecule has 10 heteroatoms. The van der Waals surface area contributed by atoms with E-state index in [9.17, 15) is 27.6 Å². The molecule has 1 aliphatic rings. The number of anilines is 1. The Balaban J connectivity index is 1.44. The first kappa shape index (κ1) is 28.1. The maximum Gasteiger partial charge on any atom is 0.437 e. The lowest BCUT2D eigenvalue weighted by Crippen LogP contribution is -2.34. The van der Waals surface area contributed by atoms with Gasteiger partial charge in [0.25, 0.3) is 6.01 Å². The van der Waals surface area contributed by atoms with Crippen molar-refractivity contribution < 1.29 is 37.1 Å². The topological polar surface area (TPSA) is 101 Å². The molecule has 1 N–H and O–H groups in total. The Labute approximate surface area is 223 Å². The predicted molar refractivity (Wildman–Crippen MR) is 138 cm³/mol. The molecule has 1 aromatic heterocycles. The first-order chi connectivity index (χ1) is 18.5. The minimum Gasteiger partial charge on any atom is -0.481 e. The van der Waals surface area contributed by atoms with Crippen LogP contribution in [0.4, 0.5) is 19.2 Å². The fraction of sp³-hybridized carbons (Fsp3) is 0.379. The summed E-state index contributed by atoms with van der Waals surface area (Å²) in [5.74, 6) is -2.37. The monoisotopic (exact) mass is 542 g/mol. The predicted octanol–water partition coefficient (Wildman–Crippen LogP) is 6.46. The summed E-state index contributed by atoms with van der Waals surface area (Å²) in [6.07, 6.45) is -2.96. The van der Waals surface area contributed by atoms with Crippen LogP contribution in [0.5, 0.6) is 0 Å². The van der Waals surface area contributed by atoms with Gasteiger partial charge in [0.05, 0.1) is 0 Å². The number of benzene rings is 2. The van der Waals surface area contributed by atoms with Gasteiger partial charge in [-0.15, -0.1) is 0 Å². The Morgan fingerprint density at radius 3 is 2.23 bits per heavy atom. The molecule has 0 aliphatic carbocycles. The molecule has 1 aliphatic heterocycles. The molecular formula is C29H29F3N2O5. The van der Waals surface area contributed by atoms with E-state index in [-0.39, 0.29) is 43.4 Å². The SMILES string of the molecule is CC1CCCN(c2nc(C(F)(F)F)c(C(=O)Cc3ccc(-c4ccc(C(=O)CCCC(=O)O)cc4)cc3)o2)C1. The van der Waals surface area contributed by atoms with E-state index in [1.165, 1.54) is 0 Å². The van der Waals surface area contributed by atoms with Crippen molar-refractivity contribution in [1.82, 2.24) is 4.98 Å². The maximum atomic E-state index is 13.7. The van der Waals surface area contributed by atoms with Crippen LogP contribution in [-0.2, 0) is 17.4 Å². The smallest absolute Gasteiger partial charge is 0.437 e. The van der Waals surface area contributed by atoms with Gasteiger partial charge in [-0.3, -0.25) is 14.4 Å². The lowest BCUT2D eigenvalue weighted by Gasteiger charge is -2.29. The molecule has 0 radical (unpaired) electrons. The van der Waals surface area contributed by atoms with E-state index in [1.807, 2.05) is 6.92 Å². The fourth-order valence-corrected chi connectivity index (χ4v) is 4.66. The highest BCUT2D eigenvalue weighted by Crippen LogP contribution is 2.35. The van der Waals surface area contributed by atoms with Gasteiger partial charge in [-0.05, 0) is 41.9 Å². The summed E-state index contributed by atoms with van der Waals surface area (Å²) >= 11 is 0. The van der Waals surface area contributed by atoms with Gasteiger partial charge < -0.3 is 14.4 Å². The molecule has 0 spiro atoms. The number of Topliss-reactive ketones (excluding diaryl/α,β-unsaturated/α-hetero) is 2. The van der Waals surface area contributed by atoms with Crippen molar-refractivity contribution in [3.8, 4) is 11.1 Å². The largest absolute Gasteiger partial charge is 0.481 e. The summed E-state index contributed by atoms with van der Waals surface area (Å²) in [7, 11) is 0. The number of oxazole rings is 1. The number of nitrogens with zero attached hydrogens (tertiary/aromatic N) is 2. The Hall–Kier alpha value is -3.95. The van der Waals surface area contributed by atoms with Crippen molar-refractivity contribution >= 4 is 23.6 Å². The number of aromatic nitrogens is 1. The highest BCUT2D eigenvalue weighted by atomic mass is 19.4. The second-order valence-corrected chi connectivity index (χ2v) is 9.91. The highest BCUT2D eigenvalue weighted by Gasteiger charge is 2.42. The number of carbonyl (C=O) groups excluding carboxylic acids is 2. The molecule has 0 saturated carbocycles. The number of rotatable bonds is 10. The number of ketones is 2. The van der Waals surface area contributed by atoms with E-state index < -0.39 is 29.4 Å². The van der Waals surface area contributed by atoms with Crippen molar-refractivity contribution in [2.24, 2.45) is 5.92 Å². The first-order valence-electron chi connectivity index (χ1n) is 12.8. The fourth-order valence-electron chi connectivity index (χ4n) is 4.66. The summed E-state index contributed by atoms with van der Waals surface area (Å²) in [6.45, 7) is 3.05. The van der Waals surface area contributed by atoms with Crippen molar-refractivity contribution in [1.29, 1.82) is 0 Å². The molecule has 7 nitrogen and oxygen atoms in total. The third kappa shape index (κ3) is 7.13. The number of halogens is 3. The van der Waals surface area contributed by atoms with Crippen molar-refractivity contribution in [2.45, 2.75) is 51.6 Å². The van der Waals surface area contributed by atoms with Crippen molar-refractivity contribution in [3.05, 3.63) is 71.1 Å². The molecular weight excluding hydrogens is 513 g/mol. The van der Waals surface area contributed by atoms with E-state index in [0.717, 1.165) is 24.0 Å². The molecule has 1 saturated heterocycles. The molecule has 1 unspecified atom stereocenters. The zero-order valence-electron chi connectivity index (χ0n) is 21.5. The molecule has 2 heterocycles. The number of aliphatic carboxylic acids is 1. The maximum absolute atomic E-state index is 13.7. The summed E-state index contributed by atoms with van der Waals surface area (Å²) in [5.41, 5.74) is 1.32. The van der Waals surface area contributed by atoms with Crippen LogP contribution >= 0.6 is 0 Å². The van der Waals surface area contributed by atoms with E-state index >= 15 is 0 Å². The molecule has 39 heavy (non-hydrogen) atoms. The summed E-state index contributed by atoms with van der Waals surface area (Å²) < 4.78 is 46.4. The van der Waals surface area contributed by atoms with E-state index in [0.29, 0.717) is 24.2 Å². The Morgan fingerprint density at radius 2 is 1.64 bits per heavy atom. The molecule has 0 amide bonds. The van der Waals surface area contributed by atoms with E-state index in [1.54, 1.807) is 53.4 Å². The third-order valence-electron chi connectivity index (χ3n) is 6.72. The van der Waals surface area contributed by atoms with E-state index in [2.05, 4.69) is 4.98 Å². The minimum atomic E-state index is -4.82. The molecule has 2 aromatic carbocycles. The summed E-state index contributed by atoms with van der Waals surface area (Å²) in [6, 6.07) is 13.5. The van der Waals surface area contributed by atoms with Crippen LogP contribution in [0.2, 0.25) is 0 Å². The van der Waals surface area contributed by atoms with Gasteiger partial charge in [0.1, 0.15) is 0 Å². The second kappa shape index (κ2) is 11.8. The standard InChI is InChI=1S/C29H29F3N2O5/c1-18-4-3-15-34(17-18)28-33-27(29(30,31)32)26(39-28)24(36)16-19-7-9-20(10-8-19)21-11-13-22(14-12-21)23(35)5-2-6-25(37)38/h7-14,18H,2-6,15-17H2,1H3,(H,37,38). The molecule has 4 rings (SSSR count). The molecule has 0 bridgehead atoms. The van der Waals surface area contributed by atoms with Crippen LogP contribution in [0.1, 0.15) is 71.2 Å². The van der Waals surface area contributed by atoms with Gasteiger partial charge in [-0.25, -0.2) is 0 Å². The minimum absolute atomic E-state index is 0.0640. The van der Waals surface area contributed by atoms with Crippen LogP contribution in [-0.4, -0.2) is 40.7 Å². The average Bonchev–Trinajstić information content (AvgIpc) is 3.36. The van der Waals surface area contributed by atoms with Crippen molar-refractivity contribution in [3.63, 3.8) is 0 Å². The van der Waals surface area contributed by atoms with Crippen molar-refractivity contribution in [2.75, 3.05) is 18.0 Å². The number of carboxylic acids is 1. The van der Waals surface area contributed by atoms with E-state index in [4.69, 9.17) is 9.52 Å². The second-order valence-electron chi connectivity index (χ2n) is 9.91. The molecule has 206 valence electrons. The number of alkyl halides is 3. The highest BCUT2D eigenvalue weighted by molar-refractivity contribution is 5.97. The molecule has 1 fully saturated rings. The average molecular weight is 543 g/mol. The summed E-state index contributed by atoms with van der Waals surface area (Å²) in [4.78, 5) is 41.0. The number of carbonyl (C=O) groups is 3. The Bertz CT molecular complexity index is 1330. The van der Waals surface area contributed by atoms with Gasteiger partial charge in [-0.1, -0.05) is 55.5 Å². The van der Waals surface area contributed by atoms with Crippen LogP contribution < -0.4 is 4.90 Å². The Kier molecular flexibility index (Phi) is 8.52. The van der Waals surface area contributed by atoms with Gasteiger partial charge in [0.15, 0.2) is 11.5 Å². The third-order valence-corrected chi connectivity index (χ3v) is 6.72. The quantitative estimate of drug-likeness (QED) is 0.294. The van der Waals surface area contributed by atoms with Gasteiger partial charge >= 0.3 is 12.1 Å². The number of piperidine rings is 1. The van der Waals surface area contributed by atoms with Gasteiger partial charge in [-0.2, -0.15) is 18.2 Å². The molecule has 3 aromatic rings. The zero-order chi connectivity index (χ0) is 28.2. The molecule has 1 atom stereocenters. The lowest BCUT2D eigenvalue weighted by atomic mass is 9.98. The number of hydrogen-bond acceptors (Lipinski definition) is 6. The van der Waals surface area contributed by atoms with Crippen LogP contribution in [0.15, 0.2) is 52.9 Å². The number of carboxylic acid groups (broad SMARTS) is 1.